The summed E-state index contributed by atoms with van der Waals surface area (Å²) in [7, 11) is 1.51. The normalized spacial score (nSPS) is 25.8. The molecule has 2 bridgehead atoms. The van der Waals surface area contributed by atoms with Crippen molar-refractivity contribution in [2.75, 3.05) is 7.11 Å². The number of hydrogen-bond donors (Lipinski definition) is 0. The van der Waals surface area contributed by atoms with Gasteiger partial charge in [-0.2, -0.15) is 10.1 Å². The molecule has 0 aromatic heterocycles. The van der Waals surface area contributed by atoms with Crippen LogP contribution in [0.2, 0.25) is 0 Å². The van der Waals surface area contributed by atoms with Gasteiger partial charge in [-0.15, -0.1) is 0 Å². The van der Waals surface area contributed by atoms with E-state index < -0.39 is 0 Å². The number of allylic oxidation sites excluding steroid dienone is 2. The number of imide groups is 1. The minimum absolute atomic E-state index is 0.0579. The number of halogens is 2. The van der Waals surface area contributed by atoms with Crippen LogP contribution in [0, 0.1) is 33.1 Å². The topological polar surface area (TPSA) is 68.2 Å². The number of carbonyl (C=O) groups excluding carboxylic acids is 2. The van der Waals surface area contributed by atoms with Crippen molar-refractivity contribution in [1.29, 1.82) is 0 Å². The summed E-state index contributed by atoms with van der Waals surface area (Å²) in [6.45, 7) is 0.0579. The molecular formula is C24H20FIN2O4. The second-order valence-electron chi connectivity index (χ2n) is 8.15. The van der Waals surface area contributed by atoms with Gasteiger partial charge in [0.25, 0.3) is 11.8 Å². The number of carbonyl (C=O) groups is 2. The van der Waals surface area contributed by atoms with E-state index in [9.17, 15) is 14.0 Å². The van der Waals surface area contributed by atoms with Crippen molar-refractivity contribution in [2.45, 2.75) is 13.0 Å². The van der Waals surface area contributed by atoms with E-state index in [0.717, 1.165) is 15.0 Å². The minimum atomic E-state index is -0.335. The number of fused-ring (bicyclic) bond motifs is 5. The van der Waals surface area contributed by atoms with Crippen LogP contribution in [0.3, 0.4) is 0 Å². The molecular weight excluding hydrogens is 526 g/mol. The third-order valence-corrected chi connectivity index (χ3v) is 7.15. The molecule has 0 N–H and O–H groups in total. The van der Waals surface area contributed by atoms with Gasteiger partial charge in [-0.05, 0) is 64.6 Å². The van der Waals surface area contributed by atoms with Gasteiger partial charge in [0.15, 0.2) is 11.5 Å². The molecule has 2 aliphatic carbocycles. The summed E-state index contributed by atoms with van der Waals surface area (Å²) in [4.78, 5) is 25.6. The maximum Gasteiger partial charge on any atom is 0.254 e. The van der Waals surface area contributed by atoms with Crippen molar-refractivity contribution < 1.29 is 23.5 Å². The number of benzene rings is 2. The molecule has 8 heteroatoms. The first-order chi connectivity index (χ1) is 15.5. The van der Waals surface area contributed by atoms with E-state index >= 15 is 0 Å². The van der Waals surface area contributed by atoms with Gasteiger partial charge in [0.2, 0.25) is 0 Å². The average molecular weight is 546 g/mol. The Balaban J connectivity index is 1.34. The SMILES string of the molecule is COc1cc(C=NN2C(=O)[C@@H]3[C@H](C2=O)[C@H]2C=C[C@H]3C2)cc(I)c1OCc1ccccc1F. The lowest BCUT2D eigenvalue weighted by molar-refractivity contribution is -0.140. The molecule has 0 spiro atoms. The maximum absolute atomic E-state index is 13.9. The highest BCUT2D eigenvalue weighted by Gasteiger charge is 2.59. The predicted molar refractivity (Wildman–Crippen MR) is 124 cm³/mol. The number of rotatable bonds is 6. The van der Waals surface area contributed by atoms with Gasteiger partial charge in [0.05, 0.1) is 28.7 Å². The van der Waals surface area contributed by atoms with Gasteiger partial charge in [0.1, 0.15) is 12.4 Å². The molecule has 1 saturated carbocycles. The molecule has 0 radical (unpaired) electrons. The highest BCUT2D eigenvalue weighted by molar-refractivity contribution is 14.1. The van der Waals surface area contributed by atoms with Gasteiger partial charge in [-0.3, -0.25) is 9.59 Å². The lowest BCUT2D eigenvalue weighted by Crippen LogP contribution is -2.28. The standard InChI is InChI=1S/C24H20FIN2O4/c1-31-19-9-13(8-18(26)22(19)32-12-16-4-2-3-5-17(16)25)11-27-28-23(29)20-14-6-7-15(10-14)21(20)24(28)30/h2-9,11,14-15,20-21H,10,12H2,1H3/t14-,15-,20-,21+/m0/s1. The third-order valence-electron chi connectivity index (χ3n) is 6.35. The fourth-order valence-corrected chi connectivity index (χ4v) is 5.63. The number of methoxy groups -OCH3 is 1. The van der Waals surface area contributed by atoms with E-state index in [0.29, 0.717) is 22.6 Å². The lowest BCUT2D eigenvalue weighted by atomic mass is 9.85. The first kappa shape index (κ1) is 21.1. The van der Waals surface area contributed by atoms with E-state index in [1.165, 1.54) is 19.4 Å². The van der Waals surface area contributed by atoms with Crippen LogP contribution < -0.4 is 9.47 Å². The van der Waals surface area contributed by atoms with Crippen LogP contribution in [-0.4, -0.2) is 30.1 Å². The van der Waals surface area contributed by atoms with Crippen LogP contribution in [0.25, 0.3) is 0 Å². The Kier molecular flexibility index (Phi) is 5.48. The summed E-state index contributed by atoms with van der Waals surface area (Å²) in [5, 5.41) is 5.24. The highest BCUT2D eigenvalue weighted by Crippen LogP contribution is 2.52. The zero-order chi connectivity index (χ0) is 22.4. The first-order valence-corrected chi connectivity index (χ1v) is 11.4. The van der Waals surface area contributed by atoms with Crippen LogP contribution in [0.4, 0.5) is 4.39 Å². The molecule has 6 nitrogen and oxygen atoms in total. The largest absolute Gasteiger partial charge is 0.493 e. The average Bonchev–Trinajstić information content (AvgIpc) is 3.46. The minimum Gasteiger partial charge on any atom is -0.493 e. The van der Waals surface area contributed by atoms with Crippen LogP contribution in [0.5, 0.6) is 11.5 Å². The zero-order valence-corrected chi connectivity index (χ0v) is 19.4. The number of ether oxygens (including phenoxy) is 2. The number of amides is 2. The van der Waals surface area contributed by atoms with Crippen LogP contribution >= 0.6 is 22.6 Å². The fraction of sp³-hybridized carbons (Fsp3) is 0.292. The molecule has 5 rings (SSSR count). The molecule has 2 fully saturated rings. The first-order valence-electron chi connectivity index (χ1n) is 10.3. The number of nitrogens with zero attached hydrogens (tertiary/aromatic N) is 2. The number of hydrogen-bond acceptors (Lipinski definition) is 5. The summed E-state index contributed by atoms with van der Waals surface area (Å²) in [5.41, 5.74) is 1.10. The Bertz CT molecular complexity index is 1130. The molecule has 3 aliphatic rings. The Labute approximate surface area is 198 Å². The van der Waals surface area contributed by atoms with E-state index in [-0.39, 0.29) is 47.9 Å². The van der Waals surface area contributed by atoms with Gasteiger partial charge in [0, 0.05) is 5.56 Å². The van der Waals surface area contributed by atoms with Crippen LogP contribution in [0.1, 0.15) is 17.5 Å². The van der Waals surface area contributed by atoms with Crippen molar-refractivity contribution in [3.05, 3.63) is 69.1 Å². The molecule has 0 unspecified atom stereocenters. The second kappa shape index (κ2) is 8.31. The van der Waals surface area contributed by atoms with Crippen molar-refractivity contribution >= 4 is 40.6 Å². The Morgan fingerprint density at radius 3 is 2.50 bits per heavy atom. The third kappa shape index (κ3) is 3.50. The second-order valence-corrected chi connectivity index (χ2v) is 9.31. The van der Waals surface area contributed by atoms with E-state index in [2.05, 4.69) is 39.8 Å². The summed E-state index contributed by atoms with van der Waals surface area (Å²) < 4.78 is 25.9. The molecule has 1 saturated heterocycles. The molecule has 1 aliphatic heterocycles. The molecule has 32 heavy (non-hydrogen) atoms. The molecule has 2 aromatic carbocycles. The van der Waals surface area contributed by atoms with Crippen LogP contribution in [0.15, 0.2) is 53.7 Å². The van der Waals surface area contributed by atoms with E-state index in [4.69, 9.17) is 9.47 Å². The lowest BCUT2D eigenvalue weighted by Gasteiger charge is -2.14. The van der Waals surface area contributed by atoms with Crippen molar-refractivity contribution in [3.8, 4) is 11.5 Å². The maximum atomic E-state index is 13.9. The zero-order valence-electron chi connectivity index (χ0n) is 17.2. The van der Waals surface area contributed by atoms with Gasteiger partial charge >= 0.3 is 0 Å². The monoisotopic (exact) mass is 546 g/mol. The smallest absolute Gasteiger partial charge is 0.254 e. The van der Waals surface area contributed by atoms with E-state index in [1.807, 2.05) is 0 Å². The molecule has 2 amide bonds. The molecule has 2 aromatic rings. The Morgan fingerprint density at radius 1 is 1.16 bits per heavy atom. The van der Waals surface area contributed by atoms with Gasteiger partial charge in [-0.25, -0.2) is 4.39 Å². The Hall–Kier alpha value is -2.75. The molecule has 164 valence electrons. The fourth-order valence-electron chi connectivity index (χ4n) is 4.84. The summed E-state index contributed by atoms with van der Waals surface area (Å²) in [6.07, 6.45) is 6.47. The highest BCUT2D eigenvalue weighted by atomic mass is 127. The summed E-state index contributed by atoms with van der Waals surface area (Å²) in [6, 6.07) is 9.94. The van der Waals surface area contributed by atoms with Gasteiger partial charge < -0.3 is 9.47 Å². The van der Waals surface area contributed by atoms with Crippen LogP contribution in [-0.2, 0) is 16.2 Å². The quantitative estimate of drug-likeness (QED) is 0.236. The summed E-state index contributed by atoms with van der Waals surface area (Å²) >= 11 is 2.10. The van der Waals surface area contributed by atoms with Crippen molar-refractivity contribution in [3.63, 3.8) is 0 Å². The van der Waals surface area contributed by atoms with Crippen molar-refractivity contribution in [2.24, 2.45) is 28.8 Å². The predicted octanol–water partition coefficient (Wildman–Crippen LogP) is 4.16. The van der Waals surface area contributed by atoms with E-state index in [1.54, 1.807) is 30.3 Å². The molecule has 4 atom stereocenters. The van der Waals surface area contributed by atoms with Gasteiger partial charge in [-0.1, -0.05) is 30.4 Å². The Morgan fingerprint density at radius 2 is 1.84 bits per heavy atom. The molecule has 1 heterocycles. The van der Waals surface area contributed by atoms with Crippen molar-refractivity contribution in [1.82, 2.24) is 5.01 Å². The number of hydrazone groups is 1. The summed E-state index contributed by atoms with van der Waals surface area (Å²) in [5.74, 6) is -0.108.